The van der Waals surface area contributed by atoms with Gasteiger partial charge in [-0.1, -0.05) is 0 Å². The van der Waals surface area contributed by atoms with Gasteiger partial charge in [0.15, 0.2) is 18.5 Å². The maximum Gasteiger partial charge on any atom is 0.338 e. The van der Waals surface area contributed by atoms with E-state index in [4.69, 9.17) is 15.3 Å². The molecule has 6 nitrogen and oxygen atoms in total. The van der Waals surface area contributed by atoms with E-state index in [9.17, 15) is 4.79 Å². The first kappa shape index (κ1) is 7.93. The van der Waals surface area contributed by atoms with Crippen molar-refractivity contribution in [2.75, 3.05) is 0 Å². The van der Waals surface area contributed by atoms with Gasteiger partial charge >= 0.3 is 5.97 Å². The smallest absolute Gasteiger partial charge is 0.338 e. The molecule has 2 heterocycles. The monoisotopic (exact) mass is 176 g/mol. The van der Waals surface area contributed by atoms with Crippen molar-refractivity contribution >= 4 is 5.97 Å². The van der Waals surface area contributed by atoms with E-state index >= 15 is 0 Å². The lowest BCUT2D eigenvalue weighted by atomic mass is 10.1. The minimum atomic E-state index is -1.40. The first-order valence-corrected chi connectivity index (χ1v) is 3.51. The van der Waals surface area contributed by atoms with Gasteiger partial charge in [-0.3, -0.25) is 0 Å². The average Bonchev–Trinajstić information content (AvgIpc) is 2.43. The van der Waals surface area contributed by atoms with E-state index in [0.717, 1.165) is 0 Å². The van der Waals surface area contributed by atoms with E-state index in [0.29, 0.717) is 0 Å². The molecular weight excluding hydrogens is 168 g/mol. The zero-order valence-electron chi connectivity index (χ0n) is 5.95. The molecule has 2 unspecified atom stereocenters. The Hall–Kier alpha value is -0.690. The minimum Gasteiger partial charge on any atom is -0.454 e. The van der Waals surface area contributed by atoms with Crippen molar-refractivity contribution in [3.63, 3.8) is 0 Å². The van der Waals surface area contributed by atoms with Crippen LogP contribution in [0.15, 0.2) is 0 Å². The number of carbonyl (C=O) groups is 1. The summed E-state index contributed by atoms with van der Waals surface area (Å²) in [6, 6.07) is 0. The predicted octanol–water partition coefficient (Wildman–Crippen LogP) is -2.65. The second kappa shape index (κ2) is 2.40. The molecule has 2 aliphatic heterocycles. The summed E-state index contributed by atoms with van der Waals surface area (Å²) < 4.78 is 9.25. The Balaban J connectivity index is 2.19. The number of esters is 1. The van der Waals surface area contributed by atoms with Crippen molar-refractivity contribution in [3.8, 4) is 0 Å². The van der Waals surface area contributed by atoms with E-state index < -0.39 is 36.7 Å². The molecule has 0 aromatic heterocycles. The van der Waals surface area contributed by atoms with Crippen LogP contribution in [0.3, 0.4) is 0 Å². The van der Waals surface area contributed by atoms with Gasteiger partial charge in [0.2, 0.25) is 0 Å². The molecule has 0 aromatic carbocycles. The first-order chi connectivity index (χ1) is 5.61. The van der Waals surface area contributed by atoms with Gasteiger partial charge in [-0.05, 0) is 0 Å². The molecule has 2 saturated heterocycles. The summed E-state index contributed by atoms with van der Waals surface area (Å²) in [5.41, 5.74) is 0. The molecule has 0 aliphatic carbocycles. The van der Waals surface area contributed by atoms with E-state index in [1.54, 1.807) is 0 Å². The second-order valence-corrected chi connectivity index (χ2v) is 2.83. The van der Waals surface area contributed by atoms with Gasteiger partial charge in [0.25, 0.3) is 0 Å². The van der Waals surface area contributed by atoms with Crippen LogP contribution in [0.25, 0.3) is 0 Å². The molecule has 5 atom stereocenters. The number of hydrogen-bond acceptors (Lipinski definition) is 6. The Morgan fingerprint density at radius 1 is 1.17 bits per heavy atom. The van der Waals surface area contributed by atoms with Crippen molar-refractivity contribution < 1.29 is 29.6 Å². The third-order valence-electron chi connectivity index (χ3n) is 2.05. The number of aliphatic hydroxyl groups excluding tert-OH is 3. The van der Waals surface area contributed by atoms with Crippen molar-refractivity contribution in [3.05, 3.63) is 0 Å². The molecule has 0 radical (unpaired) electrons. The summed E-state index contributed by atoms with van der Waals surface area (Å²) in [6.45, 7) is 0. The van der Waals surface area contributed by atoms with Crippen LogP contribution in [0.4, 0.5) is 0 Å². The van der Waals surface area contributed by atoms with Crippen molar-refractivity contribution in [1.82, 2.24) is 0 Å². The summed E-state index contributed by atoms with van der Waals surface area (Å²) in [7, 11) is 0. The molecule has 0 aromatic rings. The van der Waals surface area contributed by atoms with Gasteiger partial charge in [0.1, 0.15) is 12.2 Å². The quantitative estimate of drug-likeness (QED) is 0.349. The molecule has 0 saturated carbocycles. The molecule has 68 valence electrons. The van der Waals surface area contributed by atoms with Crippen LogP contribution in [0.5, 0.6) is 0 Å². The molecule has 6 heteroatoms. The molecule has 3 N–H and O–H groups in total. The SMILES string of the molecule is O=C1O[C@@H]2C(O)C(O)O[C@@H]2[C@H]1O. The molecule has 2 aliphatic rings. The van der Waals surface area contributed by atoms with Gasteiger partial charge in [-0.25, -0.2) is 4.79 Å². The molecule has 0 amide bonds. The summed E-state index contributed by atoms with van der Waals surface area (Å²) in [6.07, 6.45) is -5.94. The Kier molecular flexibility index (Phi) is 1.58. The Morgan fingerprint density at radius 3 is 2.42 bits per heavy atom. The van der Waals surface area contributed by atoms with E-state index in [1.807, 2.05) is 0 Å². The summed E-state index contributed by atoms with van der Waals surface area (Å²) >= 11 is 0. The van der Waals surface area contributed by atoms with Crippen molar-refractivity contribution in [1.29, 1.82) is 0 Å². The summed E-state index contributed by atoms with van der Waals surface area (Å²) in [4.78, 5) is 10.7. The zero-order chi connectivity index (χ0) is 8.88. The Morgan fingerprint density at radius 2 is 1.83 bits per heavy atom. The standard InChI is InChI=1S/C6H8O6/c7-1-3-4(12-5(1)9)2(8)6(10)11-3/h1-5,7-9H/t1?,2-,3-,4-,5?/m1/s1. The van der Waals surface area contributed by atoms with Crippen LogP contribution < -0.4 is 0 Å². The topological polar surface area (TPSA) is 96.2 Å². The van der Waals surface area contributed by atoms with E-state index in [1.165, 1.54) is 0 Å². The summed E-state index contributed by atoms with van der Waals surface area (Å²) in [5.74, 6) is -0.823. The van der Waals surface area contributed by atoms with Crippen LogP contribution in [-0.4, -0.2) is 52.0 Å². The first-order valence-electron chi connectivity index (χ1n) is 3.51. The zero-order valence-corrected chi connectivity index (χ0v) is 5.95. The van der Waals surface area contributed by atoms with Crippen LogP contribution in [-0.2, 0) is 14.3 Å². The molecular formula is C6H8O6. The van der Waals surface area contributed by atoms with E-state index in [-0.39, 0.29) is 0 Å². The lowest BCUT2D eigenvalue weighted by molar-refractivity contribution is -0.168. The van der Waals surface area contributed by atoms with Crippen molar-refractivity contribution in [2.45, 2.75) is 30.7 Å². The van der Waals surface area contributed by atoms with Gasteiger partial charge in [-0.15, -0.1) is 0 Å². The van der Waals surface area contributed by atoms with Crippen LogP contribution >= 0.6 is 0 Å². The molecule has 0 spiro atoms. The van der Waals surface area contributed by atoms with Gasteiger partial charge in [0.05, 0.1) is 0 Å². The fourth-order valence-electron chi connectivity index (χ4n) is 1.40. The molecule has 2 fully saturated rings. The maximum absolute atomic E-state index is 10.7. The number of carbonyl (C=O) groups excluding carboxylic acids is 1. The third-order valence-corrected chi connectivity index (χ3v) is 2.05. The number of ether oxygens (including phenoxy) is 2. The maximum atomic E-state index is 10.7. The number of aliphatic hydroxyl groups is 3. The largest absolute Gasteiger partial charge is 0.454 e. The average molecular weight is 176 g/mol. The third kappa shape index (κ3) is 0.862. The highest BCUT2D eigenvalue weighted by molar-refractivity contribution is 5.78. The van der Waals surface area contributed by atoms with Gasteiger partial charge in [0, 0.05) is 0 Å². The number of hydrogen-bond donors (Lipinski definition) is 3. The van der Waals surface area contributed by atoms with Crippen LogP contribution in [0.1, 0.15) is 0 Å². The number of fused-ring (bicyclic) bond motifs is 1. The van der Waals surface area contributed by atoms with Gasteiger partial charge < -0.3 is 24.8 Å². The predicted molar refractivity (Wildman–Crippen MR) is 32.8 cm³/mol. The van der Waals surface area contributed by atoms with E-state index in [2.05, 4.69) is 9.47 Å². The highest BCUT2D eigenvalue weighted by Gasteiger charge is 2.56. The second-order valence-electron chi connectivity index (χ2n) is 2.83. The molecule has 12 heavy (non-hydrogen) atoms. The summed E-state index contributed by atoms with van der Waals surface area (Å²) in [5, 5.41) is 27.2. The Labute approximate surface area is 67.3 Å². The number of rotatable bonds is 0. The normalized spacial score (nSPS) is 52.2. The highest BCUT2D eigenvalue weighted by atomic mass is 16.7. The fourth-order valence-corrected chi connectivity index (χ4v) is 1.40. The Bertz CT molecular complexity index is 216. The van der Waals surface area contributed by atoms with Crippen LogP contribution in [0.2, 0.25) is 0 Å². The highest BCUT2D eigenvalue weighted by Crippen LogP contribution is 2.30. The van der Waals surface area contributed by atoms with Gasteiger partial charge in [-0.2, -0.15) is 0 Å². The molecule has 0 bridgehead atoms. The minimum absolute atomic E-state index is 0.823. The lowest BCUT2D eigenvalue weighted by Crippen LogP contribution is -2.32. The lowest BCUT2D eigenvalue weighted by Gasteiger charge is -2.10. The fraction of sp³-hybridized carbons (Fsp3) is 0.833. The van der Waals surface area contributed by atoms with Crippen LogP contribution in [0, 0.1) is 0 Å². The molecule has 2 rings (SSSR count). The van der Waals surface area contributed by atoms with Crippen molar-refractivity contribution in [2.24, 2.45) is 0 Å².